The van der Waals surface area contributed by atoms with Crippen molar-refractivity contribution >= 4 is 5.97 Å². The first-order valence-electron chi connectivity index (χ1n) is 7.90. The average molecular weight is 262 g/mol. The number of hydrogen-bond acceptors (Lipinski definition) is 2. The van der Waals surface area contributed by atoms with Crippen molar-refractivity contribution in [3.8, 4) is 0 Å². The standard InChI is InChI=1S/C17H26O2/c18-17-15-13-11-9-7-5-3-1-2-4-6-8-10-12-14-16(15)19-17/h1,3,11,13,15-16H,2,4-10,12,14H2. The number of allylic oxidation sites excluding steroid dienone is 3. The summed E-state index contributed by atoms with van der Waals surface area (Å²) in [5.41, 5.74) is 0. The third-order valence-electron chi connectivity index (χ3n) is 4.05. The molecule has 0 aromatic heterocycles. The summed E-state index contributed by atoms with van der Waals surface area (Å²) >= 11 is 0. The van der Waals surface area contributed by atoms with Crippen molar-refractivity contribution < 1.29 is 9.53 Å². The van der Waals surface area contributed by atoms with E-state index in [0.29, 0.717) is 0 Å². The number of hydrogen-bond donors (Lipinski definition) is 0. The Balaban J connectivity index is 1.80. The van der Waals surface area contributed by atoms with Gasteiger partial charge < -0.3 is 4.74 Å². The van der Waals surface area contributed by atoms with Crippen LogP contribution in [0.15, 0.2) is 24.3 Å². The molecule has 1 heterocycles. The molecule has 2 aliphatic rings. The van der Waals surface area contributed by atoms with Gasteiger partial charge >= 0.3 is 5.97 Å². The van der Waals surface area contributed by atoms with E-state index in [-0.39, 0.29) is 18.0 Å². The van der Waals surface area contributed by atoms with Crippen LogP contribution in [-0.4, -0.2) is 12.1 Å². The molecule has 0 aromatic rings. The maximum Gasteiger partial charge on any atom is 0.316 e. The number of rotatable bonds is 0. The lowest BCUT2D eigenvalue weighted by molar-refractivity contribution is -0.179. The third-order valence-corrected chi connectivity index (χ3v) is 4.05. The minimum absolute atomic E-state index is 0.0257. The normalized spacial score (nSPS) is 30.2. The van der Waals surface area contributed by atoms with Gasteiger partial charge in [-0.2, -0.15) is 0 Å². The molecule has 2 nitrogen and oxygen atoms in total. The lowest BCUT2D eigenvalue weighted by atomic mass is 9.91. The van der Waals surface area contributed by atoms with E-state index in [9.17, 15) is 4.79 Å². The Morgan fingerprint density at radius 1 is 0.842 bits per heavy atom. The van der Waals surface area contributed by atoms with Crippen molar-refractivity contribution in [2.75, 3.05) is 0 Å². The molecule has 0 aromatic carbocycles. The predicted molar refractivity (Wildman–Crippen MR) is 77.8 cm³/mol. The number of carbonyl (C=O) groups excluding carboxylic acids is 1. The molecule has 0 spiro atoms. The maximum absolute atomic E-state index is 11.4. The quantitative estimate of drug-likeness (QED) is 0.472. The summed E-state index contributed by atoms with van der Waals surface area (Å²) in [5.74, 6) is 0.0192. The first kappa shape index (κ1) is 14.4. The predicted octanol–water partition coefficient (Wildman–Crippen LogP) is 4.56. The molecule has 1 aliphatic carbocycles. The van der Waals surface area contributed by atoms with Crippen LogP contribution in [0, 0.1) is 5.92 Å². The first-order chi connectivity index (χ1) is 9.38. The van der Waals surface area contributed by atoms with Crippen LogP contribution >= 0.6 is 0 Å². The fourth-order valence-corrected chi connectivity index (χ4v) is 2.79. The van der Waals surface area contributed by atoms with Gasteiger partial charge in [-0.25, -0.2) is 0 Å². The minimum Gasteiger partial charge on any atom is -0.461 e. The van der Waals surface area contributed by atoms with Gasteiger partial charge in [-0.1, -0.05) is 43.6 Å². The van der Waals surface area contributed by atoms with Gasteiger partial charge in [0.2, 0.25) is 0 Å². The molecule has 0 saturated carbocycles. The Hall–Kier alpha value is -1.05. The topological polar surface area (TPSA) is 26.3 Å². The molecule has 2 unspecified atom stereocenters. The summed E-state index contributed by atoms with van der Waals surface area (Å²) in [6.07, 6.45) is 21.1. The molecule has 1 saturated heterocycles. The van der Waals surface area contributed by atoms with Crippen molar-refractivity contribution in [2.45, 2.75) is 70.3 Å². The lowest BCUT2D eigenvalue weighted by Gasteiger charge is -2.33. The van der Waals surface area contributed by atoms with Crippen molar-refractivity contribution in [3.63, 3.8) is 0 Å². The van der Waals surface area contributed by atoms with Crippen LogP contribution in [0.4, 0.5) is 0 Å². The second kappa shape index (κ2) is 8.19. The van der Waals surface area contributed by atoms with Gasteiger partial charge in [0.1, 0.15) is 12.0 Å². The summed E-state index contributed by atoms with van der Waals surface area (Å²) in [7, 11) is 0. The van der Waals surface area contributed by atoms with E-state index in [1.807, 2.05) is 0 Å². The molecule has 2 atom stereocenters. The van der Waals surface area contributed by atoms with Gasteiger partial charge in [0, 0.05) is 0 Å². The molecule has 0 amide bonds. The van der Waals surface area contributed by atoms with E-state index in [4.69, 9.17) is 4.74 Å². The van der Waals surface area contributed by atoms with Gasteiger partial charge in [0.05, 0.1) is 0 Å². The van der Waals surface area contributed by atoms with E-state index < -0.39 is 0 Å². The smallest absolute Gasteiger partial charge is 0.316 e. The fourth-order valence-electron chi connectivity index (χ4n) is 2.79. The molecule has 2 rings (SSSR count). The third kappa shape index (κ3) is 4.85. The molecule has 106 valence electrons. The monoisotopic (exact) mass is 262 g/mol. The van der Waals surface area contributed by atoms with Crippen molar-refractivity contribution in [2.24, 2.45) is 5.92 Å². The van der Waals surface area contributed by atoms with Gasteiger partial charge in [-0.3, -0.25) is 4.79 Å². The van der Waals surface area contributed by atoms with Crippen LogP contribution in [0.5, 0.6) is 0 Å². The molecular weight excluding hydrogens is 236 g/mol. The molecule has 1 fully saturated rings. The molecule has 1 aliphatic heterocycles. The highest BCUT2D eigenvalue weighted by atomic mass is 16.6. The molecule has 0 bridgehead atoms. The second-order valence-corrected chi connectivity index (χ2v) is 5.68. The van der Waals surface area contributed by atoms with Crippen LogP contribution in [0.3, 0.4) is 0 Å². The first-order valence-corrected chi connectivity index (χ1v) is 7.90. The summed E-state index contributed by atoms with van der Waals surface area (Å²) < 4.78 is 5.25. The van der Waals surface area contributed by atoms with Gasteiger partial charge in [0.15, 0.2) is 0 Å². The molecule has 19 heavy (non-hydrogen) atoms. The summed E-state index contributed by atoms with van der Waals surface area (Å²) in [6.45, 7) is 0. The maximum atomic E-state index is 11.4. The molecule has 0 N–H and O–H groups in total. The van der Waals surface area contributed by atoms with E-state index in [1.54, 1.807) is 0 Å². The average Bonchev–Trinajstić information content (AvgIpc) is 2.40. The van der Waals surface area contributed by atoms with Crippen LogP contribution in [0.2, 0.25) is 0 Å². The second-order valence-electron chi connectivity index (χ2n) is 5.68. The number of ether oxygens (including phenoxy) is 1. The number of carbonyl (C=O) groups is 1. The summed E-state index contributed by atoms with van der Waals surface area (Å²) in [4.78, 5) is 11.4. The van der Waals surface area contributed by atoms with Crippen molar-refractivity contribution in [1.82, 2.24) is 0 Å². The Bertz CT molecular complexity index is 330. The largest absolute Gasteiger partial charge is 0.461 e. The van der Waals surface area contributed by atoms with Crippen LogP contribution in [0.25, 0.3) is 0 Å². The van der Waals surface area contributed by atoms with E-state index in [1.165, 1.54) is 44.9 Å². The fraction of sp³-hybridized carbons (Fsp3) is 0.706. The zero-order chi connectivity index (χ0) is 13.3. The molecular formula is C17H26O2. The van der Waals surface area contributed by atoms with Crippen LogP contribution < -0.4 is 0 Å². The Morgan fingerprint density at radius 3 is 2.37 bits per heavy atom. The number of esters is 1. The summed E-state index contributed by atoms with van der Waals surface area (Å²) in [5, 5.41) is 0. The molecule has 2 heteroatoms. The van der Waals surface area contributed by atoms with Gasteiger partial charge in [-0.05, 0) is 44.9 Å². The SMILES string of the molecule is O=C1OC2CCCCCCCC=CCCCC=CC12. The highest BCUT2D eigenvalue weighted by Gasteiger charge is 2.39. The Kier molecular flexibility index (Phi) is 6.19. The van der Waals surface area contributed by atoms with E-state index >= 15 is 0 Å². The highest BCUT2D eigenvalue weighted by Crippen LogP contribution is 2.28. The van der Waals surface area contributed by atoms with Crippen LogP contribution in [-0.2, 0) is 9.53 Å². The lowest BCUT2D eigenvalue weighted by Crippen LogP contribution is -2.43. The minimum atomic E-state index is -0.0257. The van der Waals surface area contributed by atoms with E-state index in [2.05, 4.69) is 24.3 Å². The highest BCUT2D eigenvalue weighted by molar-refractivity contribution is 5.80. The van der Waals surface area contributed by atoms with Gasteiger partial charge in [0.25, 0.3) is 0 Å². The van der Waals surface area contributed by atoms with Crippen molar-refractivity contribution in [3.05, 3.63) is 24.3 Å². The zero-order valence-electron chi connectivity index (χ0n) is 11.9. The van der Waals surface area contributed by atoms with Gasteiger partial charge in [-0.15, -0.1) is 0 Å². The Morgan fingerprint density at radius 2 is 1.53 bits per heavy atom. The van der Waals surface area contributed by atoms with Crippen LogP contribution in [0.1, 0.15) is 64.2 Å². The Labute approximate surface area is 116 Å². The summed E-state index contributed by atoms with van der Waals surface area (Å²) in [6, 6.07) is 0. The van der Waals surface area contributed by atoms with Crippen molar-refractivity contribution in [1.29, 1.82) is 0 Å². The number of fused-ring (bicyclic) bond motifs is 1. The molecule has 0 radical (unpaired) electrons. The van der Waals surface area contributed by atoms with E-state index in [0.717, 1.165) is 19.3 Å². The zero-order valence-corrected chi connectivity index (χ0v) is 11.9.